The molecule has 13 heteroatoms. The normalized spacial score (nSPS) is 13.1. The van der Waals surface area contributed by atoms with Gasteiger partial charge in [-0.2, -0.15) is 26.3 Å². The summed E-state index contributed by atoms with van der Waals surface area (Å²) in [6.45, 7) is -2.21. The number of rotatable bonds is 7. The first-order valence-electron chi connectivity index (χ1n) is 9.28. The summed E-state index contributed by atoms with van der Waals surface area (Å²) in [7, 11) is 0. The molecule has 0 saturated carbocycles. The average Bonchev–Trinajstić information content (AvgIpc) is 2.68. The molecule has 0 heterocycles. The molecule has 1 atom stereocenters. The van der Waals surface area contributed by atoms with E-state index in [4.69, 9.17) is 0 Å². The van der Waals surface area contributed by atoms with E-state index in [1.165, 1.54) is 36.4 Å². The number of allylic oxidation sites excluding steroid dienone is 1. The van der Waals surface area contributed by atoms with Crippen molar-refractivity contribution in [1.82, 2.24) is 10.6 Å². The molecule has 2 aromatic rings. The lowest BCUT2D eigenvalue weighted by Crippen LogP contribution is -2.40. The first-order valence-corrected chi connectivity index (χ1v) is 11.7. The fourth-order valence-corrected chi connectivity index (χ4v) is 4.61. The molecule has 0 aliphatic heterocycles. The molecule has 0 radical (unpaired) electrons. The second-order valence-electron chi connectivity index (χ2n) is 6.90. The van der Waals surface area contributed by atoms with Crippen LogP contribution in [-0.4, -0.2) is 37.3 Å². The Morgan fingerprint density at radius 1 is 0.912 bits per heavy atom. The van der Waals surface area contributed by atoms with E-state index in [1.54, 1.807) is 11.4 Å². The number of hydrogen-bond donors (Lipinski definition) is 2. The van der Waals surface area contributed by atoms with Crippen molar-refractivity contribution in [2.24, 2.45) is 0 Å². The number of benzene rings is 2. The van der Waals surface area contributed by atoms with Crippen molar-refractivity contribution in [3.8, 4) is 0 Å². The highest BCUT2D eigenvalue weighted by molar-refractivity contribution is 9.11. The minimum Gasteiger partial charge on any atom is -0.345 e. The third-order valence-electron chi connectivity index (χ3n) is 4.21. The van der Waals surface area contributed by atoms with Crippen LogP contribution in [0.5, 0.6) is 0 Å². The van der Waals surface area contributed by atoms with E-state index >= 15 is 0 Å². The molecule has 34 heavy (non-hydrogen) atoms. The molecule has 2 aromatic carbocycles. The molecule has 2 rings (SSSR count). The minimum absolute atomic E-state index is 0.0175. The van der Waals surface area contributed by atoms with Crippen molar-refractivity contribution in [3.63, 3.8) is 0 Å². The molecule has 184 valence electrons. The van der Waals surface area contributed by atoms with Crippen LogP contribution in [-0.2, 0) is 4.79 Å². The summed E-state index contributed by atoms with van der Waals surface area (Å²) in [4.78, 5) is 23.6. The molecule has 0 fully saturated rings. The van der Waals surface area contributed by atoms with Gasteiger partial charge in [0.2, 0.25) is 5.91 Å². The lowest BCUT2D eigenvalue weighted by Gasteiger charge is -2.18. The number of amides is 2. The van der Waals surface area contributed by atoms with Gasteiger partial charge < -0.3 is 10.6 Å². The van der Waals surface area contributed by atoms with Crippen LogP contribution in [0.3, 0.4) is 0 Å². The molecule has 0 bridgehead atoms. The first-order chi connectivity index (χ1) is 15.7. The molecule has 0 saturated heterocycles. The summed E-state index contributed by atoms with van der Waals surface area (Å²) in [5.41, 5.74) is 0.419. The van der Waals surface area contributed by atoms with Crippen LogP contribution in [0.25, 0.3) is 6.08 Å². The van der Waals surface area contributed by atoms with Gasteiger partial charge in [0.25, 0.3) is 5.91 Å². The van der Waals surface area contributed by atoms with Gasteiger partial charge in [0, 0.05) is 13.4 Å². The molecule has 0 aliphatic rings. The van der Waals surface area contributed by atoms with E-state index < -0.39 is 43.2 Å². The molecule has 2 N–H and O–H groups in total. The largest absolute Gasteiger partial charge is 0.405 e. The van der Waals surface area contributed by atoms with Gasteiger partial charge >= 0.3 is 12.4 Å². The van der Waals surface area contributed by atoms with Gasteiger partial charge in [0.05, 0.1) is 18.0 Å². The standard InChI is InChI=1S/C21H15Br3F6N2O2/c22-13-6-12(7-14(23)8-13)16(21(28,29)30)4-2-11-1-3-15(17(24)5-11)19(34)31-9-18(33)32-10-20(25,26)27/h1-8,16H,9-10H2,(H,31,34)(H,32,33). The van der Waals surface area contributed by atoms with Crippen LogP contribution in [0.4, 0.5) is 26.3 Å². The van der Waals surface area contributed by atoms with Crippen LogP contribution in [0.15, 0.2) is 55.9 Å². The predicted molar refractivity (Wildman–Crippen MR) is 125 cm³/mol. The quantitative estimate of drug-likeness (QED) is 0.319. The molecule has 0 aromatic heterocycles. The highest BCUT2D eigenvalue weighted by Gasteiger charge is 2.39. The van der Waals surface area contributed by atoms with Crippen LogP contribution in [0.1, 0.15) is 27.4 Å². The Morgan fingerprint density at radius 3 is 2.06 bits per heavy atom. The SMILES string of the molecule is O=C(CNC(=O)c1ccc(C=CC(c2cc(Br)cc(Br)c2)C(F)(F)F)cc1Br)NCC(F)(F)F. The highest BCUT2D eigenvalue weighted by atomic mass is 79.9. The third-order valence-corrected chi connectivity index (χ3v) is 5.78. The van der Waals surface area contributed by atoms with Gasteiger partial charge in [-0.05, 0) is 57.4 Å². The Morgan fingerprint density at radius 2 is 1.53 bits per heavy atom. The number of hydrogen-bond acceptors (Lipinski definition) is 2. The van der Waals surface area contributed by atoms with Crippen LogP contribution in [0, 0.1) is 0 Å². The van der Waals surface area contributed by atoms with Crippen molar-refractivity contribution in [3.05, 3.63) is 72.6 Å². The predicted octanol–water partition coefficient (Wildman–Crippen LogP) is 6.74. The topological polar surface area (TPSA) is 58.2 Å². The molecule has 4 nitrogen and oxygen atoms in total. The average molecular weight is 681 g/mol. The van der Waals surface area contributed by atoms with E-state index in [9.17, 15) is 35.9 Å². The van der Waals surface area contributed by atoms with Crippen LogP contribution >= 0.6 is 47.8 Å². The molecule has 0 aliphatic carbocycles. The van der Waals surface area contributed by atoms with Gasteiger partial charge in [-0.3, -0.25) is 9.59 Å². The van der Waals surface area contributed by atoms with Crippen molar-refractivity contribution in [1.29, 1.82) is 0 Å². The number of carbonyl (C=O) groups excluding carboxylic acids is 2. The van der Waals surface area contributed by atoms with E-state index in [1.807, 2.05) is 0 Å². The lowest BCUT2D eigenvalue weighted by molar-refractivity contribution is -0.139. The Balaban J connectivity index is 2.12. The van der Waals surface area contributed by atoms with E-state index in [0.29, 0.717) is 14.5 Å². The summed E-state index contributed by atoms with van der Waals surface area (Å²) >= 11 is 9.49. The van der Waals surface area contributed by atoms with Gasteiger partial charge in [-0.15, -0.1) is 0 Å². The van der Waals surface area contributed by atoms with E-state index in [-0.39, 0.29) is 15.6 Å². The minimum atomic E-state index is -4.58. The van der Waals surface area contributed by atoms with Crippen molar-refractivity contribution in [2.75, 3.05) is 13.1 Å². The summed E-state index contributed by atoms with van der Waals surface area (Å²) in [5.74, 6) is -3.67. The van der Waals surface area contributed by atoms with Gasteiger partial charge in [0.15, 0.2) is 0 Å². The Kier molecular flexibility index (Phi) is 9.78. The van der Waals surface area contributed by atoms with Crippen molar-refractivity contribution in [2.45, 2.75) is 18.3 Å². The molecule has 0 spiro atoms. The maximum Gasteiger partial charge on any atom is 0.405 e. The number of alkyl halides is 6. The number of nitrogens with one attached hydrogen (secondary N) is 2. The van der Waals surface area contributed by atoms with Crippen LogP contribution in [0.2, 0.25) is 0 Å². The van der Waals surface area contributed by atoms with Crippen LogP contribution < -0.4 is 10.6 Å². The smallest absolute Gasteiger partial charge is 0.345 e. The third kappa shape index (κ3) is 9.06. The van der Waals surface area contributed by atoms with Crippen molar-refractivity contribution < 1.29 is 35.9 Å². The Bertz CT molecular complexity index is 1070. The zero-order chi connectivity index (χ0) is 25.7. The van der Waals surface area contributed by atoms with Gasteiger partial charge in [-0.1, -0.05) is 50.1 Å². The summed E-state index contributed by atoms with van der Waals surface area (Å²) in [6, 6.07) is 8.44. The van der Waals surface area contributed by atoms with Crippen molar-refractivity contribution >= 4 is 65.7 Å². The molecular formula is C21H15Br3F6N2O2. The zero-order valence-electron chi connectivity index (χ0n) is 16.8. The second-order valence-corrected chi connectivity index (χ2v) is 9.58. The molecular weight excluding hydrogens is 666 g/mol. The summed E-state index contributed by atoms with van der Waals surface area (Å²) in [5, 5.41) is 3.79. The van der Waals surface area contributed by atoms with Gasteiger partial charge in [0.1, 0.15) is 6.54 Å². The van der Waals surface area contributed by atoms with Gasteiger partial charge in [-0.25, -0.2) is 0 Å². The fraction of sp³-hybridized carbons (Fsp3) is 0.238. The van der Waals surface area contributed by atoms with E-state index in [0.717, 1.165) is 6.08 Å². The first kappa shape index (κ1) is 28.4. The summed E-state index contributed by atoms with van der Waals surface area (Å²) < 4.78 is 78.4. The maximum atomic E-state index is 13.7. The second kappa shape index (κ2) is 11.7. The maximum absolute atomic E-state index is 13.7. The Hall–Kier alpha value is -1.86. The lowest BCUT2D eigenvalue weighted by atomic mass is 9.97. The number of halogens is 9. The monoisotopic (exact) mass is 678 g/mol. The fourth-order valence-electron chi connectivity index (χ4n) is 2.71. The summed E-state index contributed by atoms with van der Waals surface area (Å²) in [6.07, 6.45) is -6.89. The Labute approximate surface area is 215 Å². The zero-order valence-corrected chi connectivity index (χ0v) is 21.6. The molecule has 2 amide bonds. The molecule has 1 unspecified atom stereocenters. The number of carbonyl (C=O) groups is 2. The highest BCUT2D eigenvalue weighted by Crippen LogP contribution is 2.38. The van der Waals surface area contributed by atoms with E-state index in [2.05, 4.69) is 53.1 Å².